The van der Waals surface area contributed by atoms with Crippen molar-refractivity contribution >= 4 is 81.9 Å². The van der Waals surface area contributed by atoms with E-state index in [-0.39, 0.29) is 75.3 Å². The van der Waals surface area contributed by atoms with E-state index in [1.807, 2.05) is 64.2 Å². The van der Waals surface area contributed by atoms with Crippen molar-refractivity contribution in [1.82, 2.24) is 0 Å². The molecule has 17 heteroatoms. The SMILES string of the molecule is C/C=C/CCCCCOC(=O)c1cccc(S(=O)(=O)[O-])c1C(=O)OCCCCC/C=C/C.C/C=C/CCCCCOC(=O)c1cccc(S(=O)(=O)[O-])c1C(=O)OCCCCC/C=C/C.[Ca+2]. The van der Waals surface area contributed by atoms with Crippen LogP contribution in [0.4, 0.5) is 0 Å². The van der Waals surface area contributed by atoms with Gasteiger partial charge in [-0.25, -0.2) is 36.0 Å². The fraction of sp³-hybridized carbons (Fsp3) is 0.500. The van der Waals surface area contributed by atoms with Gasteiger partial charge in [0.05, 0.1) is 58.5 Å². The van der Waals surface area contributed by atoms with E-state index in [1.165, 1.54) is 24.3 Å². The molecule has 0 radical (unpaired) electrons. The van der Waals surface area contributed by atoms with Crippen molar-refractivity contribution in [1.29, 1.82) is 0 Å². The number of benzene rings is 2. The molecule has 0 fully saturated rings. The average Bonchev–Trinajstić information content (AvgIpc) is 3.26. The number of hydrogen-bond acceptors (Lipinski definition) is 14. The second kappa shape index (κ2) is 36.5. The van der Waals surface area contributed by atoms with Crippen LogP contribution >= 0.6 is 0 Å². The van der Waals surface area contributed by atoms with Crippen molar-refractivity contribution in [2.45, 2.75) is 140 Å². The monoisotopic (exact) mass is 970 g/mol. The van der Waals surface area contributed by atoms with Crippen LogP contribution in [0.1, 0.15) is 172 Å². The Morgan fingerprint density at radius 3 is 0.938 bits per heavy atom. The predicted molar refractivity (Wildman–Crippen MR) is 249 cm³/mol. The summed E-state index contributed by atoms with van der Waals surface area (Å²) in [7, 11) is -9.98. The van der Waals surface area contributed by atoms with Gasteiger partial charge in [0.15, 0.2) is 0 Å². The second-order valence-electron chi connectivity index (χ2n) is 14.5. The van der Waals surface area contributed by atoms with E-state index >= 15 is 0 Å². The molecular weight excluding hydrogens is 905 g/mol. The van der Waals surface area contributed by atoms with Gasteiger partial charge >= 0.3 is 61.6 Å². The van der Waals surface area contributed by atoms with Crippen LogP contribution in [0.15, 0.2) is 94.8 Å². The number of hydrogen-bond donors (Lipinski definition) is 0. The predicted octanol–water partition coefficient (Wildman–Crippen LogP) is 9.97. The Kier molecular flexibility index (Phi) is 34.4. The van der Waals surface area contributed by atoms with E-state index in [4.69, 9.17) is 18.9 Å². The second-order valence-corrected chi connectivity index (χ2v) is 17.2. The van der Waals surface area contributed by atoms with Crippen LogP contribution < -0.4 is 0 Å². The van der Waals surface area contributed by atoms with E-state index in [9.17, 15) is 45.1 Å². The van der Waals surface area contributed by atoms with Gasteiger partial charge in [0, 0.05) is 0 Å². The Balaban J connectivity index is 0.00000124. The molecule has 0 saturated heterocycles. The van der Waals surface area contributed by atoms with Crippen molar-refractivity contribution < 1.29 is 64.1 Å². The van der Waals surface area contributed by atoms with Crippen LogP contribution in [0.3, 0.4) is 0 Å². The van der Waals surface area contributed by atoms with Crippen molar-refractivity contribution in [3.63, 3.8) is 0 Å². The standard InChI is InChI=1S/2C24H34O7S.Ca/c2*1-3-5-7-9-11-13-18-30-23(25)20-16-15-17-21(32(27,28)29)22(20)24(26)31-19-14-12-10-8-6-4-2;/h2*3-6,15-17H,7-14,18-19H2,1-2H3,(H,27,28,29);/q;;+2/p-2/b2*5-3+,6-4+;. The van der Waals surface area contributed by atoms with Gasteiger partial charge in [-0.2, -0.15) is 0 Å². The van der Waals surface area contributed by atoms with Crippen molar-refractivity contribution in [2.75, 3.05) is 26.4 Å². The van der Waals surface area contributed by atoms with Crippen LogP contribution in [-0.2, 0) is 39.2 Å². The smallest absolute Gasteiger partial charge is 0.744 e. The molecule has 0 aliphatic carbocycles. The van der Waals surface area contributed by atoms with Crippen molar-refractivity contribution in [2.24, 2.45) is 0 Å². The maximum atomic E-state index is 12.6. The number of carbonyl (C=O) groups excluding carboxylic acids is 4. The zero-order valence-corrected chi connectivity index (χ0v) is 42.3. The number of unbranched alkanes of at least 4 members (excludes halogenated alkanes) is 12. The maximum absolute atomic E-state index is 12.6. The molecule has 0 unspecified atom stereocenters. The molecule has 0 heterocycles. The van der Waals surface area contributed by atoms with Crippen LogP contribution in [0, 0.1) is 0 Å². The fourth-order valence-corrected chi connectivity index (χ4v) is 7.41. The molecule has 14 nitrogen and oxygen atoms in total. The molecule has 0 aliphatic rings. The minimum atomic E-state index is -4.99. The molecule has 0 bridgehead atoms. The molecule has 0 aromatic heterocycles. The van der Waals surface area contributed by atoms with Crippen LogP contribution in [0.2, 0.25) is 0 Å². The number of carbonyl (C=O) groups is 4. The number of rotatable bonds is 30. The molecule has 356 valence electrons. The Labute approximate surface area is 416 Å². The number of esters is 4. The molecular formula is C48H66CaO14S2. The Morgan fingerprint density at radius 2 is 0.692 bits per heavy atom. The third kappa shape index (κ3) is 26.3. The summed E-state index contributed by atoms with van der Waals surface area (Å²) in [5, 5.41) is 0. The van der Waals surface area contributed by atoms with E-state index in [0.717, 1.165) is 89.2 Å². The van der Waals surface area contributed by atoms with Gasteiger partial charge in [-0.05, 0) is 155 Å². The summed E-state index contributed by atoms with van der Waals surface area (Å²) in [6.45, 7) is 8.16. The summed E-state index contributed by atoms with van der Waals surface area (Å²) in [6, 6.07) is 6.97. The summed E-state index contributed by atoms with van der Waals surface area (Å²) < 4.78 is 90.8. The van der Waals surface area contributed by atoms with Crippen molar-refractivity contribution in [3.05, 3.63) is 107 Å². The first-order valence-electron chi connectivity index (χ1n) is 22.0. The largest absolute Gasteiger partial charge is 2.00 e. The molecule has 65 heavy (non-hydrogen) atoms. The quantitative estimate of drug-likeness (QED) is 0.0178. The first-order valence-corrected chi connectivity index (χ1v) is 24.8. The molecule has 0 amide bonds. The average molecular weight is 971 g/mol. The summed E-state index contributed by atoms with van der Waals surface area (Å²) in [5.74, 6) is -3.76. The Bertz CT molecular complexity index is 1930. The van der Waals surface area contributed by atoms with E-state index < -0.39 is 65.0 Å². The van der Waals surface area contributed by atoms with Gasteiger partial charge in [-0.1, -0.05) is 60.7 Å². The molecule has 0 atom stereocenters. The number of allylic oxidation sites excluding steroid dienone is 8. The molecule has 0 aliphatic heterocycles. The normalized spacial score (nSPS) is 11.7. The van der Waals surface area contributed by atoms with Gasteiger partial charge in [0.1, 0.15) is 20.2 Å². The first kappa shape index (κ1) is 61.4. The molecule has 0 N–H and O–H groups in total. The molecule has 2 aromatic carbocycles. The van der Waals surface area contributed by atoms with Crippen LogP contribution in [0.5, 0.6) is 0 Å². The molecule has 0 spiro atoms. The zero-order valence-electron chi connectivity index (χ0n) is 38.5. The molecule has 0 saturated carbocycles. The Morgan fingerprint density at radius 1 is 0.431 bits per heavy atom. The first-order chi connectivity index (χ1) is 30.6. The maximum Gasteiger partial charge on any atom is 2.00 e. The third-order valence-corrected chi connectivity index (χ3v) is 11.1. The van der Waals surface area contributed by atoms with Crippen LogP contribution in [-0.4, -0.2) is 114 Å². The summed E-state index contributed by atoms with van der Waals surface area (Å²) in [4.78, 5) is 48.7. The topological polar surface area (TPSA) is 220 Å². The third-order valence-electron chi connectivity index (χ3n) is 9.38. The minimum Gasteiger partial charge on any atom is -0.744 e. The summed E-state index contributed by atoms with van der Waals surface area (Å²) in [5.41, 5.74) is -1.69. The zero-order chi connectivity index (χ0) is 47.6. The fourth-order valence-electron chi connectivity index (χ4n) is 6.03. The van der Waals surface area contributed by atoms with Crippen LogP contribution in [0.25, 0.3) is 0 Å². The van der Waals surface area contributed by atoms with E-state index in [1.54, 1.807) is 0 Å². The van der Waals surface area contributed by atoms with E-state index in [0.29, 0.717) is 25.7 Å². The molecule has 2 aromatic rings. The summed E-state index contributed by atoms with van der Waals surface area (Å²) in [6.07, 6.45) is 29.4. The minimum absolute atomic E-state index is 0. The van der Waals surface area contributed by atoms with Gasteiger partial charge in [0.25, 0.3) is 0 Å². The molecule has 2 rings (SSSR count). The number of ether oxygens (including phenoxy) is 4. The Hall–Kier alpha value is -3.64. The van der Waals surface area contributed by atoms with Gasteiger partial charge in [-0.15, -0.1) is 0 Å². The van der Waals surface area contributed by atoms with Gasteiger partial charge in [-0.3, -0.25) is 0 Å². The van der Waals surface area contributed by atoms with Gasteiger partial charge in [0.2, 0.25) is 0 Å². The van der Waals surface area contributed by atoms with E-state index in [2.05, 4.69) is 12.2 Å². The van der Waals surface area contributed by atoms with Gasteiger partial charge < -0.3 is 28.1 Å². The summed E-state index contributed by atoms with van der Waals surface area (Å²) >= 11 is 0. The van der Waals surface area contributed by atoms with Crippen molar-refractivity contribution in [3.8, 4) is 0 Å².